The van der Waals surface area contributed by atoms with Crippen LogP contribution in [-0.4, -0.2) is 37.4 Å². The fourth-order valence-electron chi connectivity index (χ4n) is 1.78. The largest absolute Gasteiger partial charge is 0.444 e. The third-order valence-corrected chi connectivity index (χ3v) is 4.72. The van der Waals surface area contributed by atoms with Crippen LogP contribution in [0.4, 0.5) is 4.79 Å². The van der Waals surface area contributed by atoms with E-state index in [1.807, 2.05) is 25.1 Å². The molecule has 0 bridgehead atoms. The zero-order valence-corrected chi connectivity index (χ0v) is 16.4. The molecule has 7 heteroatoms. The van der Waals surface area contributed by atoms with Crippen molar-refractivity contribution in [2.75, 3.05) is 12.3 Å². The minimum absolute atomic E-state index is 0.0190. The number of sulfone groups is 1. The first-order valence-corrected chi connectivity index (χ1v) is 9.87. The Balaban J connectivity index is 0.000000472. The molecular formula is C19H26N2O4S. The number of carbonyl (C=O) groups is 1. The van der Waals surface area contributed by atoms with Crippen LogP contribution in [-0.2, 0) is 14.6 Å². The van der Waals surface area contributed by atoms with Crippen LogP contribution in [0.3, 0.4) is 0 Å². The van der Waals surface area contributed by atoms with Crippen LogP contribution in [0.2, 0.25) is 0 Å². The van der Waals surface area contributed by atoms with E-state index in [2.05, 4.69) is 10.3 Å². The maximum absolute atomic E-state index is 12.0. The summed E-state index contributed by atoms with van der Waals surface area (Å²) >= 11 is 0. The fourth-order valence-corrected chi connectivity index (χ4v) is 2.93. The minimum atomic E-state index is -3.39. The van der Waals surface area contributed by atoms with E-state index in [-0.39, 0.29) is 17.2 Å². The predicted octanol–water partition coefficient (Wildman–Crippen LogP) is 3.38. The predicted molar refractivity (Wildman–Crippen MR) is 102 cm³/mol. The number of nitrogens with one attached hydrogen (secondary N) is 1. The number of pyridine rings is 1. The van der Waals surface area contributed by atoms with Crippen molar-refractivity contribution in [3.8, 4) is 0 Å². The molecule has 2 rings (SSSR count). The Hall–Kier alpha value is -2.41. The Labute approximate surface area is 155 Å². The molecule has 1 heterocycles. The van der Waals surface area contributed by atoms with E-state index < -0.39 is 21.5 Å². The molecule has 0 saturated heterocycles. The molecule has 0 aliphatic carbocycles. The number of hydrogen-bond donors (Lipinski definition) is 1. The molecule has 1 aromatic carbocycles. The Morgan fingerprint density at radius 3 is 2.08 bits per heavy atom. The number of ether oxygens (including phenoxy) is 1. The number of nitrogens with zero attached hydrogens (tertiary/aromatic N) is 1. The first-order valence-electron chi connectivity index (χ1n) is 8.21. The van der Waals surface area contributed by atoms with E-state index in [1.54, 1.807) is 57.4 Å². The number of benzene rings is 1. The van der Waals surface area contributed by atoms with Gasteiger partial charge in [-0.15, -0.1) is 0 Å². The van der Waals surface area contributed by atoms with E-state index in [1.165, 1.54) is 0 Å². The molecule has 1 N–H and O–H groups in total. The molecule has 1 aromatic heterocycles. The van der Waals surface area contributed by atoms with Gasteiger partial charge in [0.05, 0.1) is 10.6 Å². The Bertz CT molecular complexity index is 741. The lowest BCUT2D eigenvalue weighted by Crippen LogP contribution is -2.35. The second-order valence-electron chi connectivity index (χ2n) is 6.59. The van der Waals surface area contributed by atoms with Crippen molar-refractivity contribution in [2.24, 2.45) is 0 Å². The summed E-state index contributed by atoms with van der Waals surface area (Å²) in [6.45, 7) is 7.15. The van der Waals surface area contributed by atoms with Gasteiger partial charge in [0, 0.05) is 18.9 Å². The van der Waals surface area contributed by atoms with Crippen LogP contribution in [0.25, 0.3) is 0 Å². The molecule has 0 fully saturated rings. The highest BCUT2D eigenvalue weighted by Gasteiger charge is 2.18. The van der Waals surface area contributed by atoms with Crippen molar-refractivity contribution in [2.45, 2.75) is 38.2 Å². The molecule has 0 saturated carbocycles. The SMILES string of the molecule is Cc1ccc(S(=O)(=O)CCNC(=O)OC(C)(C)C)cc1.c1ccncc1. The van der Waals surface area contributed by atoms with Crippen molar-refractivity contribution in [1.29, 1.82) is 0 Å². The molecule has 6 nitrogen and oxygen atoms in total. The second-order valence-corrected chi connectivity index (χ2v) is 8.69. The van der Waals surface area contributed by atoms with Crippen LogP contribution < -0.4 is 5.32 Å². The topological polar surface area (TPSA) is 85.4 Å². The summed E-state index contributed by atoms with van der Waals surface area (Å²) in [6.07, 6.45) is 2.89. The van der Waals surface area contributed by atoms with Crippen LogP contribution in [0.5, 0.6) is 0 Å². The fraction of sp³-hybridized carbons (Fsp3) is 0.368. The number of amides is 1. The highest BCUT2D eigenvalue weighted by atomic mass is 32.2. The summed E-state index contributed by atoms with van der Waals surface area (Å²) < 4.78 is 29.1. The molecule has 2 aromatic rings. The van der Waals surface area contributed by atoms with Crippen molar-refractivity contribution in [3.63, 3.8) is 0 Å². The zero-order chi connectivity index (χ0) is 19.6. The number of carbonyl (C=O) groups excluding carboxylic acids is 1. The maximum Gasteiger partial charge on any atom is 0.407 e. The third-order valence-electron chi connectivity index (χ3n) is 2.99. The molecule has 0 spiro atoms. The number of alkyl carbamates (subject to hydrolysis) is 1. The molecule has 0 aliphatic rings. The van der Waals surface area contributed by atoms with Gasteiger partial charge >= 0.3 is 6.09 Å². The zero-order valence-electron chi connectivity index (χ0n) is 15.6. The summed E-state index contributed by atoms with van der Waals surface area (Å²) in [5.41, 5.74) is 0.399. The normalized spacial score (nSPS) is 11.1. The summed E-state index contributed by atoms with van der Waals surface area (Å²) in [4.78, 5) is 15.4. The first-order chi connectivity index (χ1) is 12.1. The summed E-state index contributed by atoms with van der Waals surface area (Å²) in [6, 6.07) is 12.3. The van der Waals surface area contributed by atoms with Crippen molar-refractivity contribution in [3.05, 3.63) is 60.4 Å². The molecule has 0 unspecified atom stereocenters. The lowest BCUT2D eigenvalue weighted by molar-refractivity contribution is 0.0531. The van der Waals surface area contributed by atoms with Gasteiger partial charge in [-0.05, 0) is 52.0 Å². The molecule has 26 heavy (non-hydrogen) atoms. The Morgan fingerprint density at radius 1 is 1.08 bits per heavy atom. The van der Waals surface area contributed by atoms with E-state index in [0.29, 0.717) is 0 Å². The number of rotatable bonds is 4. The van der Waals surface area contributed by atoms with Crippen LogP contribution in [0.15, 0.2) is 59.8 Å². The van der Waals surface area contributed by atoms with Gasteiger partial charge in [-0.1, -0.05) is 23.8 Å². The van der Waals surface area contributed by atoms with Crippen molar-refractivity contribution < 1.29 is 17.9 Å². The van der Waals surface area contributed by atoms with Gasteiger partial charge in [0.25, 0.3) is 0 Å². The quantitative estimate of drug-likeness (QED) is 0.881. The van der Waals surface area contributed by atoms with E-state index in [0.717, 1.165) is 5.56 Å². The van der Waals surface area contributed by atoms with Gasteiger partial charge in [0.15, 0.2) is 9.84 Å². The smallest absolute Gasteiger partial charge is 0.407 e. The van der Waals surface area contributed by atoms with Gasteiger partial charge in [-0.2, -0.15) is 0 Å². The number of aromatic nitrogens is 1. The van der Waals surface area contributed by atoms with Crippen molar-refractivity contribution in [1.82, 2.24) is 10.3 Å². The lowest BCUT2D eigenvalue weighted by Gasteiger charge is -2.19. The van der Waals surface area contributed by atoms with Gasteiger partial charge in [0.2, 0.25) is 0 Å². The summed E-state index contributed by atoms with van der Waals surface area (Å²) in [7, 11) is -3.39. The van der Waals surface area contributed by atoms with Gasteiger partial charge < -0.3 is 10.1 Å². The highest BCUT2D eigenvalue weighted by Crippen LogP contribution is 2.12. The minimum Gasteiger partial charge on any atom is -0.444 e. The Morgan fingerprint density at radius 2 is 1.65 bits per heavy atom. The monoisotopic (exact) mass is 378 g/mol. The second kappa shape index (κ2) is 9.91. The van der Waals surface area contributed by atoms with Crippen LogP contribution >= 0.6 is 0 Å². The average molecular weight is 378 g/mol. The summed E-state index contributed by atoms with van der Waals surface area (Å²) in [5.74, 6) is -0.157. The molecular weight excluding hydrogens is 352 g/mol. The van der Waals surface area contributed by atoms with E-state index >= 15 is 0 Å². The van der Waals surface area contributed by atoms with E-state index in [4.69, 9.17) is 4.74 Å². The maximum atomic E-state index is 12.0. The standard InChI is InChI=1S/C14H21NO4S.C5H5N/c1-11-5-7-12(8-6-11)20(17,18)10-9-15-13(16)19-14(2,3)4;1-2-4-6-5-3-1/h5-8H,9-10H2,1-4H3,(H,15,16);1-5H. The first kappa shape index (κ1) is 21.6. The molecule has 142 valence electrons. The summed E-state index contributed by atoms with van der Waals surface area (Å²) in [5, 5.41) is 2.44. The number of aryl methyl sites for hydroxylation is 1. The molecule has 0 radical (unpaired) electrons. The van der Waals surface area contributed by atoms with Crippen LogP contribution in [0, 0.1) is 6.92 Å². The van der Waals surface area contributed by atoms with Crippen molar-refractivity contribution >= 4 is 15.9 Å². The molecule has 1 amide bonds. The van der Waals surface area contributed by atoms with Gasteiger partial charge in [-0.3, -0.25) is 4.98 Å². The van der Waals surface area contributed by atoms with Gasteiger partial charge in [-0.25, -0.2) is 13.2 Å². The number of hydrogen-bond acceptors (Lipinski definition) is 5. The van der Waals surface area contributed by atoms with Crippen LogP contribution in [0.1, 0.15) is 26.3 Å². The highest BCUT2D eigenvalue weighted by molar-refractivity contribution is 7.91. The molecule has 0 atom stereocenters. The van der Waals surface area contributed by atoms with Gasteiger partial charge in [0.1, 0.15) is 5.60 Å². The molecule has 0 aliphatic heterocycles. The van der Waals surface area contributed by atoms with E-state index in [9.17, 15) is 13.2 Å². The Kier molecular flexibility index (Phi) is 8.25. The average Bonchev–Trinajstić information content (AvgIpc) is 2.55. The third kappa shape index (κ3) is 9.17. The lowest BCUT2D eigenvalue weighted by atomic mass is 10.2.